The molecule has 0 bridgehead atoms. The van der Waals surface area contributed by atoms with Gasteiger partial charge in [0, 0.05) is 40.4 Å². The smallest absolute Gasteiger partial charge is 0.0903 e. The molecule has 3 aromatic rings. The van der Waals surface area contributed by atoms with Crippen LogP contribution in [0.15, 0.2) is 54.7 Å². The van der Waals surface area contributed by atoms with Gasteiger partial charge in [-0.25, -0.2) is 0 Å². The van der Waals surface area contributed by atoms with Gasteiger partial charge in [-0.15, -0.1) is 0 Å². The molecule has 120 valence electrons. The molecular formula is C20H17ClN2O. The van der Waals surface area contributed by atoms with Crippen LogP contribution in [0.25, 0.3) is 10.9 Å². The van der Waals surface area contributed by atoms with E-state index >= 15 is 0 Å². The molecule has 2 aliphatic heterocycles. The maximum Gasteiger partial charge on any atom is 0.0903 e. The van der Waals surface area contributed by atoms with Gasteiger partial charge < -0.3 is 10.1 Å². The Morgan fingerprint density at radius 2 is 1.96 bits per heavy atom. The van der Waals surface area contributed by atoms with E-state index in [4.69, 9.17) is 16.3 Å². The van der Waals surface area contributed by atoms with Crippen LogP contribution in [0.5, 0.6) is 0 Å². The summed E-state index contributed by atoms with van der Waals surface area (Å²) in [5.74, 6) is 0.421. The first kappa shape index (κ1) is 14.3. The van der Waals surface area contributed by atoms with E-state index in [0.29, 0.717) is 5.92 Å². The number of halogens is 1. The molecule has 1 aromatic heterocycles. The Hall–Kier alpha value is -2.10. The van der Waals surface area contributed by atoms with Gasteiger partial charge in [-0.1, -0.05) is 29.8 Å². The number of rotatable bonds is 1. The van der Waals surface area contributed by atoms with Crippen molar-refractivity contribution in [1.82, 2.24) is 4.98 Å². The Labute approximate surface area is 145 Å². The minimum Gasteiger partial charge on any atom is -0.378 e. The predicted octanol–water partition coefficient (Wildman–Crippen LogP) is 5.13. The van der Waals surface area contributed by atoms with Crippen molar-refractivity contribution in [1.29, 1.82) is 0 Å². The fraction of sp³-hybridized carbons (Fsp3) is 0.250. The van der Waals surface area contributed by atoms with Gasteiger partial charge in [0.15, 0.2) is 0 Å². The zero-order chi connectivity index (χ0) is 16.1. The summed E-state index contributed by atoms with van der Waals surface area (Å²) in [5, 5.41) is 5.70. The van der Waals surface area contributed by atoms with Gasteiger partial charge in [0.2, 0.25) is 0 Å². The average Bonchev–Trinajstić information content (AvgIpc) is 3.11. The monoisotopic (exact) mass is 336 g/mol. The van der Waals surface area contributed by atoms with Crippen molar-refractivity contribution in [3.05, 3.63) is 70.9 Å². The fourth-order valence-electron chi connectivity index (χ4n) is 4.13. The molecule has 2 aliphatic rings. The normalized spacial score (nSPS) is 25.1. The quantitative estimate of drug-likeness (QED) is 0.668. The van der Waals surface area contributed by atoms with Gasteiger partial charge in [-0.05, 0) is 42.3 Å². The topological polar surface area (TPSA) is 34.2 Å². The lowest BCUT2D eigenvalue weighted by Crippen LogP contribution is -2.29. The van der Waals surface area contributed by atoms with Crippen LogP contribution >= 0.6 is 11.6 Å². The molecule has 4 heteroatoms. The van der Waals surface area contributed by atoms with Crippen molar-refractivity contribution in [2.45, 2.75) is 18.6 Å². The van der Waals surface area contributed by atoms with Gasteiger partial charge in [-0.3, -0.25) is 4.98 Å². The van der Waals surface area contributed by atoms with E-state index < -0.39 is 0 Å². The highest BCUT2D eigenvalue weighted by molar-refractivity contribution is 6.30. The second kappa shape index (κ2) is 5.47. The summed E-state index contributed by atoms with van der Waals surface area (Å²) in [4.78, 5) is 4.49. The third-order valence-electron chi connectivity index (χ3n) is 5.22. The van der Waals surface area contributed by atoms with Crippen molar-refractivity contribution in [3.8, 4) is 0 Å². The van der Waals surface area contributed by atoms with E-state index in [1.54, 1.807) is 0 Å². The molecule has 0 saturated carbocycles. The average molecular weight is 337 g/mol. The van der Waals surface area contributed by atoms with Crippen molar-refractivity contribution in [2.75, 3.05) is 11.9 Å². The van der Waals surface area contributed by atoms with Crippen LogP contribution in [0.1, 0.15) is 29.7 Å². The number of anilines is 1. The Balaban J connectivity index is 1.66. The van der Waals surface area contributed by atoms with Crippen LogP contribution in [0.4, 0.5) is 5.69 Å². The molecule has 3 nitrogen and oxygen atoms in total. The molecule has 1 N–H and O–H groups in total. The van der Waals surface area contributed by atoms with Crippen molar-refractivity contribution in [2.24, 2.45) is 5.92 Å². The van der Waals surface area contributed by atoms with Crippen LogP contribution < -0.4 is 5.32 Å². The van der Waals surface area contributed by atoms with Gasteiger partial charge in [-0.2, -0.15) is 0 Å². The number of aromatic nitrogens is 1. The standard InChI is InChI=1S/C20H17ClN2O/c21-13-5-3-12(4-6-13)19-15-9-11-24-20(15)18-14-2-1-10-22-16(14)7-8-17(18)23-19/h1-8,10,15,19-20,23H,9,11H2/t15-,19+,20-/m1/s1. The Bertz CT molecular complexity index is 909. The van der Waals surface area contributed by atoms with Crippen LogP contribution in [-0.2, 0) is 4.74 Å². The van der Waals surface area contributed by atoms with Crippen LogP contribution in [0, 0.1) is 5.92 Å². The Morgan fingerprint density at radius 1 is 1.08 bits per heavy atom. The second-order valence-corrected chi connectivity index (χ2v) is 6.95. The molecule has 0 spiro atoms. The Kier molecular flexibility index (Phi) is 3.25. The number of hydrogen-bond donors (Lipinski definition) is 1. The summed E-state index contributed by atoms with van der Waals surface area (Å²) in [7, 11) is 0. The maximum absolute atomic E-state index is 6.17. The van der Waals surface area contributed by atoms with Gasteiger partial charge in [0.05, 0.1) is 17.7 Å². The van der Waals surface area contributed by atoms with Crippen molar-refractivity contribution < 1.29 is 4.74 Å². The third-order valence-corrected chi connectivity index (χ3v) is 5.47. The highest BCUT2D eigenvalue weighted by Crippen LogP contribution is 2.51. The third kappa shape index (κ3) is 2.12. The molecule has 3 atom stereocenters. The predicted molar refractivity (Wildman–Crippen MR) is 96.4 cm³/mol. The summed E-state index contributed by atoms with van der Waals surface area (Å²) < 4.78 is 6.17. The molecule has 0 unspecified atom stereocenters. The number of fused-ring (bicyclic) bond motifs is 5. The van der Waals surface area contributed by atoms with Crippen molar-refractivity contribution >= 4 is 28.2 Å². The first-order chi connectivity index (χ1) is 11.8. The SMILES string of the molecule is Clc1ccc([C@@H]2Nc3ccc4ncccc4c3[C@@H]3OCC[C@H]23)cc1. The second-order valence-electron chi connectivity index (χ2n) is 6.51. The molecule has 3 heterocycles. The van der Waals surface area contributed by atoms with E-state index in [0.717, 1.165) is 29.3 Å². The van der Waals surface area contributed by atoms with E-state index in [9.17, 15) is 0 Å². The largest absolute Gasteiger partial charge is 0.378 e. The summed E-state index contributed by atoms with van der Waals surface area (Å²) in [6, 6.07) is 16.7. The summed E-state index contributed by atoms with van der Waals surface area (Å²) in [6.45, 7) is 0.803. The van der Waals surface area contributed by atoms with Crippen molar-refractivity contribution in [3.63, 3.8) is 0 Å². The summed E-state index contributed by atoms with van der Waals surface area (Å²) in [6.07, 6.45) is 3.02. The number of pyridine rings is 1. The minimum atomic E-state index is 0.120. The molecule has 24 heavy (non-hydrogen) atoms. The fourth-order valence-corrected chi connectivity index (χ4v) is 4.25. The molecule has 5 rings (SSSR count). The lowest BCUT2D eigenvalue weighted by Gasteiger charge is -2.37. The minimum absolute atomic E-state index is 0.120. The van der Waals surface area contributed by atoms with Crippen LogP contribution in [0.2, 0.25) is 5.02 Å². The number of hydrogen-bond acceptors (Lipinski definition) is 3. The lowest BCUT2D eigenvalue weighted by atomic mass is 9.80. The van der Waals surface area contributed by atoms with E-state index in [1.807, 2.05) is 24.4 Å². The first-order valence-corrected chi connectivity index (χ1v) is 8.70. The van der Waals surface area contributed by atoms with Gasteiger partial charge in [0.1, 0.15) is 0 Å². The zero-order valence-electron chi connectivity index (χ0n) is 13.1. The number of nitrogens with one attached hydrogen (secondary N) is 1. The maximum atomic E-state index is 6.17. The highest BCUT2D eigenvalue weighted by atomic mass is 35.5. The highest BCUT2D eigenvalue weighted by Gasteiger charge is 2.42. The lowest BCUT2D eigenvalue weighted by molar-refractivity contribution is 0.0841. The molecule has 1 fully saturated rings. The number of benzene rings is 2. The molecule has 2 aromatic carbocycles. The van der Waals surface area contributed by atoms with E-state index in [-0.39, 0.29) is 12.1 Å². The van der Waals surface area contributed by atoms with E-state index in [2.05, 4.69) is 40.6 Å². The zero-order valence-corrected chi connectivity index (χ0v) is 13.8. The van der Waals surface area contributed by atoms with E-state index in [1.165, 1.54) is 16.5 Å². The molecule has 0 radical (unpaired) electrons. The van der Waals surface area contributed by atoms with Gasteiger partial charge in [0.25, 0.3) is 0 Å². The Morgan fingerprint density at radius 3 is 2.83 bits per heavy atom. The molecule has 0 amide bonds. The molecular weight excluding hydrogens is 320 g/mol. The summed E-state index contributed by atoms with van der Waals surface area (Å²) >= 11 is 6.06. The van der Waals surface area contributed by atoms with Crippen LogP contribution in [-0.4, -0.2) is 11.6 Å². The number of ether oxygens (including phenoxy) is 1. The van der Waals surface area contributed by atoms with Crippen LogP contribution in [0.3, 0.4) is 0 Å². The van der Waals surface area contributed by atoms with Gasteiger partial charge >= 0.3 is 0 Å². The molecule has 0 aliphatic carbocycles. The first-order valence-electron chi connectivity index (χ1n) is 8.32. The summed E-state index contributed by atoms with van der Waals surface area (Å²) in [5.41, 5.74) is 4.70. The number of nitrogens with zero attached hydrogens (tertiary/aromatic N) is 1. The molecule has 1 saturated heterocycles.